The highest BCUT2D eigenvalue weighted by atomic mass is 16.4. The van der Waals surface area contributed by atoms with Crippen molar-refractivity contribution in [1.29, 1.82) is 0 Å². The highest BCUT2D eigenvalue weighted by molar-refractivity contribution is 5.97. The minimum absolute atomic E-state index is 0.208. The second kappa shape index (κ2) is 5.51. The number of amides is 1. The molecule has 2 rings (SSSR count). The molecule has 1 atom stereocenters. The summed E-state index contributed by atoms with van der Waals surface area (Å²) < 4.78 is 0. The lowest BCUT2D eigenvalue weighted by Gasteiger charge is -2.07. The molecule has 1 aromatic carbocycles. The van der Waals surface area contributed by atoms with E-state index in [4.69, 9.17) is 5.11 Å². The zero-order valence-corrected chi connectivity index (χ0v) is 10.5. The van der Waals surface area contributed by atoms with Crippen LogP contribution in [0.4, 0.5) is 0 Å². The molecular formula is C13H15N3O3. The number of nitrogens with one attached hydrogen (secondary N) is 2. The van der Waals surface area contributed by atoms with E-state index >= 15 is 0 Å². The van der Waals surface area contributed by atoms with E-state index in [9.17, 15) is 9.59 Å². The van der Waals surface area contributed by atoms with Crippen molar-refractivity contribution >= 4 is 22.8 Å². The molecule has 2 aromatic rings. The standard InChI is InChI=1S/C13H15N3O3/c1-8(13(18)19)4-5-14-12(17)9-2-3-11-10(6-9)7-15-16-11/h2-3,6-8H,4-5H2,1H3,(H,14,17)(H,15,16)(H,18,19). The number of hydrogen-bond acceptors (Lipinski definition) is 3. The van der Waals surface area contributed by atoms with E-state index in [1.54, 1.807) is 31.3 Å². The average molecular weight is 261 g/mol. The fraction of sp³-hybridized carbons (Fsp3) is 0.308. The summed E-state index contributed by atoms with van der Waals surface area (Å²) in [5, 5.41) is 19.0. The second-order valence-corrected chi connectivity index (χ2v) is 4.46. The van der Waals surface area contributed by atoms with Crippen molar-refractivity contribution < 1.29 is 14.7 Å². The first-order valence-electron chi connectivity index (χ1n) is 6.02. The predicted molar refractivity (Wildman–Crippen MR) is 69.8 cm³/mol. The molecule has 0 aliphatic heterocycles. The third-order valence-electron chi connectivity index (χ3n) is 2.99. The number of fused-ring (bicyclic) bond motifs is 1. The Morgan fingerprint density at radius 1 is 1.47 bits per heavy atom. The van der Waals surface area contributed by atoms with Crippen LogP contribution in [-0.2, 0) is 4.79 Å². The number of aromatic amines is 1. The summed E-state index contributed by atoms with van der Waals surface area (Å²) in [5.74, 6) is -1.52. The van der Waals surface area contributed by atoms with Crippen LogP contribution in [0.3, 0.4) is 0 Å². The van der Waals surface area contributed by atoms with Crippen molar-refractivity contribution in [3.05, 3.63) is 30.0 Å². The molecule has 0 fully saturated rings. The van der Waals surface area contributed by atoms with Gasteiger partial charge in [-0.15, -0.1) is 0 Å². The van der Waals surface area contributed by atoms with Crippen LogP contribution in [-0.4, -0.2) is 33.7 Å². The average Bonchev–Trinajstić information content (AvgIpc) is 2.85. The number of carboxylic acid groups (broad SMARTS) is 1. The maximum Gasteiger partial charge on any atom is 0.306 e. The molecule has 0 radical (unpaired) electrons. The summed E-state index contributed by atoms with van der Waals surface area (Å²) in [6, 6.07) is 5.24. The number of aliphatic carboxylic acids is 1. The molecule has 6 heteroatoms. The molecule has 100 valence electrons. The van der Waals surface area contributed by atoms with Crippen molar-refractivity contribution in [1.82, 2.24) is 15.5 Å². The van der Waals surface area contributed by atoms with Crippen LogP contribution in [0.5, 0.6) is 0 Å². The topological polar surface area (TPSA) is 95.1 Å². The molecule has 6 nitrogen and oxygen atoms in total. The molecule has 1 amide bonds. The van der Waals surface area contributed by atoms with Crippen molar-refractivity contribution in [2.24, 2.45) is 5.92 Å². The summed E-state index contributed by atoms with van der Waals surface area (Å²) in [7, 11) is 0. The van der Waals surface area contributed by atoms with Gasteiger partial charge in [0.15, 0.2) is 0 Å². The van der Waals surface area contributed by atoms with Gasteiger partial charge in [-0.1, -0.05) is 6.92 Å². The molecule has 1 heterocycles. The Bertz CT molecular complexity index is 606. The van der Waals surface area contributed by atoms with Gasteiger partial charge in [-0.05, 0) is 24.6 Å². The van der Waals surface area contributed by atoms with Gasteiger partial charge < -0.3 is 10.4 Å². The summed E-state index contributed by atoms with van der Waals surface area (Å²) in [6.07, 6.45) is 2.06. The summed E-state index contributed by atoms with van der Waals surface area (Å²) >= 11 is 0. The van der Waals surface area contributed by atoms with Gasteiger partial charge in [0.25, 0.3) is 5.91 Å². The van der Waals surface area contributed by atoms with Crippen LogP contribution in [0.2, 0.25) is 0 Å². The number of hydrogen-bond donors (Lipinski definition) is 3. The normalized spacial score (nSPS) is 12.3. The predicted octanol–water partition coefficient (Wildman–Crippen LogP) is 1.40. The Morgan fingerprint density at radius 2 is 2.26 bits per heavy atom. The fourth-order valence-corrected chi connectivity index (χ4v) is 1.71. The number of carboxylic acids is 1. The molecule has 0 saturated heterocycles. The molecule has 0 saturated carbocycles. The molecular weight excluding hydrogens is 246 g/mol. The summed E-state index contributed by atoms with van der Waals surface area (Å²) in [4.78, 5) is 22.5. The molecule has 0 bridgehead atoms. The van der Waals surface area contributed by atoms with Gasteiger partial charge in [0.1, 0.15) is 0 Å². The van der Waals surface area contributed by atoms with E-state index in [0.717, 1.165) is 10.9 Å². The Morgan fingerprint density at radius 3 is 3.00 bits per heavy atom. The van der Waals surface area contributed by atoms with E-state index < -0.39 is 11.9 Å². The Labute approximate surface area is 109 Å². The SMILES string of the molecule is CC(CCNC(=O)c1ccc2[nH]ncc2c1)C(=O)O. The van der Waals surface area contributed by atoms with E-state index in [1.165, 1.54) is 0 Å². The molecule has 3 N–H and O–H groups in total. The van der Waals surface area contributed by atoms with Crippen molar-refractivity contribution in [2.45, 2.75) is 13.3 Å². The van der Waals surface area contributed by atoms with Gasteiger partial charge >= 0.3 is 5.97 Å². The minimum atomic E-state index is -0.853. The van der Waals surface area contributed by atoms with Crippen LogP contribution in [0.1, 0.15) is 23.7 Å². The van der Waals surface area contributed by atoms with Gasteiger partial charge in [0.05, 0.1) is 17.6 Å². The zero-order chi connectivity index (χ0) is 13.8. The molecule has 0 aliphatic carbocycles. The van der Waals surface area contributed by atoms with Gasteiger partial charge in [-0.2, -0.15) is 5.10 Å². The number of aromatic nitrogens is 2. The molecule has 19 heavy (non-hydrogen) atoms. The summed E-state index contributed by atoms with van der Waals surface area (Å²) in [5.41, 5.74) is 1.41. The maximum atomic E-state index is 11.9. The first kappa shape index (κ1) is 13.1. The van der Waals surface area contributed by atoms with Crippen LogP contribution in [0.15, 0.2) is 24.4 Å². The lowest BCUT2D eigenvalue weighted by atomic mass is 10.1. The third-order valence-corrected chi connectivity index (χ3v) is 2.99. The monoisotopic (exact) mass is 261 g/mol. The molecule has 0 aliphatic rings. The van der Waals surface area contributed by atoms with Crippen molar-refractivity contribution in [3.8, 4) is 0 Å². The molecule has 1 aromatic heterocycles. The van der Waals surface area contributed by atoms with Crippen LogP contribution >= 0.6 is 0 Å². The van der Waals surface area contributed by atoms with E-state index in [-0.39, 0.29) is 5.91 Å². The number of rotatable bonds is 5. The Balaban J connectivity index is 1.94. The molecule has 1 unspecified atom stereocenters. The quantitative estimate of drug-likeness (QED) is 0.758. The smallest absolute Gasteiger partial charge is 0.306 e. The van der Waals surface area contributed by atoms with Crippen LogP contribution in [0, 0.1) is 5.92 Å². The van der Waals surface area contributed by atoms with Gasteiger partial charge in [0, 0.05) is 17.5 Å². The van der Waals surface area contributed by atoms with E-state index in [0.29, 0.717) is 18.5 Å². The van der Waals surface area contributed by atoms with Crippen LogP contribution < -0.4 is 5.32 Å². The Hall–Kier alpha value is -2.37. The van der Waals surface area contributed by atoms with Crippen molar-refractivity contribution in [3.63, 3.8) is 0 Å². The largest absolute Gasteiger partial charge is 0.481 e. The maximum absolute atomic E-state index is 11.9. The Kier molecular flexibility index (Phi) is 3.79. The minimum Gasteiger partial charge on any atom is -0.481 e. The second-order valence-electron chi connectivity index (χ2n) is 4.46. The van der Waals surface area contributed by atoms with Gasteiger partial charge in [-0.25, -0.2) is 0 Å². The number of carbonyl (C=O) groups is 2. The van der Waals surface area contributed by atoms with E-state index in [2.05, 4.69) is 15.5 Å². The van der Waals surface area contributed by atoms with E-state index in [1.807, 2.05) is 0 Å². The van der Waals surface area contributed by atoms with Gasteiger partial charge in [-0.3, -0.25) is 14.7 Å². The first-order valence-corrected chi connectivity index (χ1v) is 6.02. The number of carbonyl (C=O) groups excluding carboxylic acids is 1. The summed E-state index contributed by atoms with van der Waals surface area (Å²) in [6.45, 7) is 1.96. The third kappa shape index (κ3) is 3.09. The number of benzene rings is 1. The number of nitrogens with zero attached hydrogens (tertiary/aromatic N) is 1. The van der Waals surface area contributed by atoms with Crippen LogP contribution in [0.25, 0.3) is 10.9 Å². The lowest BCUT2D eigenvalue weighted by Crippen LogP contribution is -2.26. The highest BCUT2D eigenvalue weighted by Gasteiger charge is 2.12. The van der Waals surface area contributed by atoms with Crippen molar-refractivity contribution in [2.75, 3.05) is 6.54 Å². The number of H-pyrrole nitrogens is 1. The zero-order valence-electron chi connectivity index (χ0n) is 10.5. The molecule has 0 spiro atoms. The van der Waals surface area contributed by atoms with Gasteiger partial charge in [0.2, 0.25) is 0 Å². The lowest BCUT2D eigenvalue weighted by molar-refractivity contribution is -0.141. The first-order chi connectivity index (χ1) is 9.08. The highest BCUT2D eigenvalue weighted by Crippen LogP contribution is 2.12. The fourth-order valence-electron chi connectivity index (χ4n) is 1.71.